The SMILES string of the molecule is C=CCNc1nc2c(s1)CC1C(C)(CO)C(O)CCC1(C)C2CC(=O)O. The van der Waals surface area contributed by atoms with Gasteiger partial charge in [0, 0.05) is 22.8 Å². The number of aliphatic carboxylic acids is 1. The maximum atomic E-state index is 11.6. The summed E-state index contributed by atoms with van der Waals surface area (Å²) in [5.74, 6) is -1.05. The minimum atomic E-state index is -0.840. The van der Waals surface area contributed by atoms with E-state index in [1.807, 2.05) is 6.92 Å². The van der Waals surface area contributed by atoms with Crippen molar-refractivity contribution in [2.24, 2.45) is 16.7 Å². The van der Waals surface area contributed by atoms with Gasteiger partial charge in [0.25, 0.3) is 0 Å². The number of hydrogen-bond donors (Lipinski definition) is 4. The second-order valence-corrected chi connectivity index (χ2v) is 9.21. The topological polar surface area (TPSA) is 103 Å². The maximum Gasteiger partial charge on any atom is 0.304 e. The third-order valence-electron chi connectivity index (χ3n) is 6.67. The number of carboxylic acids is 1. The molecule has 0 radical (unpaired) electrons. The van der Waals surface area contributed by atoms with E-state index in [0.717, 1.165) is 22.1 Å². The Hall–Kier alpha value is -1.44. The van der Waals surface area contributed by atoms with Crippen LogP contribution < -0.4 is 5.32 Å². The van der Waals surface area contributed by atoms with Crippen molar-refractivity contribution >= 4 is 22.4 Å². The number of nitrogens with zero attached hydrogens (tertiary/aromatic N) is 1. The van der Waals surface area contributed by atoms with Crippen molar-refractivity contribution in [2.75, 3.05) is 18.5 Å². The number of carboxylic acid groups (broad SMARTS) is 1. The van der Waals surface area contributed by atoms with Gasteiger partial charge in [0.05, 0.1) is 24.8 Å². The number of anilines is 1. The van der Waals surface area contributed by atoms with Crippen LogP contribution in [-0.4, -0.2) is 45.5 Å². The average Bonchev–Trinajstić information content (AvgIpc) is 3.01. The van der Waals surface area contributed by atoms with E-state index in [2.05, 4.69) is 18.8 Å². The summed E-state index contributed by atoms with van der Waals surface area (Å²) in [6.07, 6.45) is 3.21. The fourth-order valence-electron chi connectivity index (χ4n) is 5.06. The summed E-state index contributed by atoms with van der Waals surface area (Å²) in [7, 11) is 0. The molecular weight excluding hydrogens is 352 g/mol. The maximum absolute atomic E-state index is 11.6. The molecule has 1 aromatic heterocycles. The van der Waals surface area contributed by atoms with E-state index in [-0.39, 0.29) is 30.3 Å². The first-order chi connectivity index (χ1) is 12.3. The molecule has 0 amide bonds. The van der Waals surface area contributed by atoms with E-state index in [4.69, 9.17) is 4.98 Å². The summed E-state index contributed by atoms with van der Waals surface area (Å²) in [6.45, 7) is 8.24. The Morgan fingerprint density at radius 3 is 2.85 bits per heavy atom. The van der Waals surface area contributed by atoms with Gasteiger partial charge >= 0.3 is 5.97 Å². The summed E-state index contributed by atoms with van der Waals surface area (Å²) in [5, 5.41) is 34.2. The highest BCUT2D eigenvalue weighted by Gasteiger charge is 2.59. The molecule has 0 aliphatic heterocycles. The highest BCUT2D eigenvalue weighted by molar-refractivity contribution is 7.15. The molecule has 2 aliphatic rings. The molecule has 26 heavy (non-hydrogen) atoms. The first-order valence-corrected chi connectivity index (χ1v) is 9.93. The molecule has 2 aliphatic carbocycles. The summed E-state index contributed by atoms with van der Waals surface area (Å²) in [6, 6.07) is 0. The first kappa shape index (κ1) is 19.3. The number of aliphatic hydroxyl groups excluding tert-OH is 2. The van der Waals surface area contributed by atoms with Crippen LogP contribution in [0.15, 0.2) is 12.7 Å². The van der Waals surface area contributed by atoms with Gasteiger partial charge in [-0.3, -0.25) is 4.79 Å². The van der Waals surface area contributed by atoms with Gasteiger partial charge in [-0.15, -0.1) is 17.9 Å². The third-order valence-corrected chi connectivity index (χ3v) is 7.72. The van der Waals surface area contributed by atoms with Gasteiger partial charge in [-0.05, 0) is 30.6 Å². The van der Waals surface area contributed by atoms with E-state index in [1.165, 1.54) is 0 Å². The molecule has 7 heteroatoms. The van der Waals surface area contributed by atoms with E-state index < -0.39 is 17.5 Å². The number of hydrogen-bond acceptors (Lipinski definition) is 6. The Bertz CT molecular complexity index is 706. The van der Waals surface area contributed by atoms with Crippen LogP contribution >= 0.6 is 11.3 Å². The second-order valence-electron chi connectivity index (χ2n) is 8.13. The Kier molecular flexibility index (Phi) is 5.16. The first-order valence-electron chi connectivity index (χ1n) is 9.11. The molecule has 0 saturated heterocycles. The highest BCUT2D eigenvalue weighted by Crippen LogP contribution is 2.62. The van der Waals surface area contributed by atoms with Crippen molar-refractivity contribution in [2.45, 2.75) is 51.6 Å². The standard InChI is InChI=1S/C19H28N2O4S/c1-4-7-20-17-21-16-11(8-15(24)25)18(2)6-5-14(23)19(3,10-22)13(18)9-12(16)26-17/h4,11,13-14,22-23H,1,5-10H2,2-3H3,(H,20,21)(H,24,25). The van der Waals surface area contributed by atoms with Crippen molar-refractivity contribution in [3.05, 3.63) is 23.2 Å². The van der Waals surface area contributed by atoms with Crippen molar-refractivity contribution in [1.29, 1.82) is 0 Å². The minimum Gasteiger partial charge on any atom is -0.481 e. The van der Waals surface area contributed by atoms with E-state index in [9.17, 15) is 20.1 Å². The minimum absolute atomic E-state index is 0.00769. The molecule has 1 fully saturated rings. The van der Waals surface area contributed by atoms with Crippen LogP contribution in [0.25, 0.3) is 0 Å². The average molecular weight is 381 g/mol. The normalized spacial score (nSPS) is 36.1. The molecule has 5 unspecified atom stereocenters. The van der Waals surface area contributed by atoms with Crippen LogP contribution in [0.3, 0.4) is 0 Å². The molecule has 3 rings (SSSR count). The Morgan fingerprint density at radius 1 is 1.50 bits per heavy atom. The number of aromatic nitrogens is 1. The lowest BCUT2D eigenvalue weighted by atomic mass is 9.47. The zero-order valence-electron chi connectivity index (χ0n) is 15.4. The van der Waals surface area contributed by atoms with Crippen LogP contribution in [0.4, 0.5) is 5.13 Å². The molecule has 1 saturated carbocycles. The van der Waals surface area contributed by atoms with Gasteiger partial charge in [-0.1, -0.05) is 19.9 Å². The predicted molar refractivity (Wildman–Crippen MR) is 102 cm³/mol. The molecule has 1 heterocycles. The van der Waals surface area contributed by atoms with Crippen molar-refractivity contribution in [3.63, 3.8) is 0 Å². The summed E-state index contributed by atoms with van der Waals surface area (Å²) in [4.78, 5) is 17.4. The largest absolute Gasteiger partial charge is 0.481 e. The van der Waals surface area contributed by atoms with Crippen LogP contribution in [-0.2, 0) is 11.2 Å². The zero-order valence-corrected chi connectivity index (χ0v) is 16.2. The third kappa shape index (κ3) is 2.96. The van der Waals surface area contributed by atoms with Crippen LogP contribution in [0.1, 0.15) is 49.6 Å². The van der Waals surface area contributed by atoms with Crippen molar-refractivity contribution in [1.82, 2.24) is 4.98 Å². The number of thiazole rings is 1. The van der Waals surface area contributed by atoms with Gasteiger partial charge in [-0.25, -0.2) is 4.98 Å². The zero-order chi connectivity index (χ0) is 19.1. The van der Waals surface area contributed by atoms with Gasteiger partial charge in [0.1, 0.15) is 0 Å². The lowest BCUT2D eigenvalue weighted by Gasteiger charge is -2.58. The van der Waals surface area contributed by atoms with Crippen LogP contribution in [0.2, 0.25) is 0 Å². The fraction of sp³-hybridized carbons (Fsp3) is 0.684. The molecule has 6 nitrogen and oxygen atoms in total. The Morgan fingerprint density at radius 2 is 2.23 bits per heavy atom. The van der Waals surface area contributed by atoms with Crippen LogP contribution in [0.5, 0.6) is 0 Å². The highest BCUT2D eigenvalue weighted by atomic mass is 32.1. The molecule has 0 aromatic carbocycles. The smallest absolute Gasteiger partial charge is 0.304 e. The number of fused-ring (bicyclic) bond motifs is 2. The fourth-order valence-corrected chi connectivity index (χ4v) is 6.13. The summed E-state index contributed by atoms with van der Waals surface area (Å²) in [5.41, 5.74) is -0.0779. The number of aliphatic hydroxyl groups is 2. The van der Waals surface area contributed by atoms with Crippen molar-refractivity contribution < 1.29 is 20.1 Å². The molecular formula is C19H28N2O4S. The quantitative estimate of drug-likeness (QED) is 0.566. The van der Waals surface area contributed by atoms with E-state index >= 15 is 0 Å². The molecule has 1 aromatic rings. The summed E-state index contributed by atoms with van der Waals surface area (Å²) < 4.78 is 0. The summed E-state index contributed by atoms with van der Waals surface area (Å²) >= 11 is 1.55. The lowest BCUT2D eigenvalue weighted by Crippen LogP contribution is -2.57. The van der Waals surface area contributed by atoms with Crippen molar-refractivity contribution in [3.8, 4) is 0 Å². The van der Waals surface area contributed by atoms with Gasteiger partial charge in [-0.2, -0.15) is 0 Å². The Labute approximate surface area is 158 Å². The predicted octanol–water partition coefficient (Wildman–Crippen LogP) is 2.63. The van der Waals surface area contributed by atoms with Gasteiger partial charge < -0.3 is 20.6 Å². The van der Waals surface area contributed by atoms with Gasteiger partial charge in [0.2, 0.25) is 0 Å². The second kappa shape index (κ2) is 6.94. The molecule has 5 atom stereocenters. The monoisotopic (exact) mass is 380 g/mol. The van der Waals surface area contributed by atoms with E-state index in [1.54, 1.807) is 17.4 Å². The van der Waals surface area contributed by atoms with Crippen LogP contribution in [0, 0.1) is 16.7 Å². The number of carbonyl (C=O) groups is 1. The molecule has 4 N–H and O–H groups in total. The molecule has 144 valence electrons. The Balaban J connectivity index is 2.08. The molecule has 0 bridgehead atoms. The van der Waals surface area contributed by atoms with E-state index in [0.29, 0.717) is 19.4 Å². The molecule has 0 spiro atoms. The lowest BCUT2D eigenvalue weighted by molar-refractivity contribution is -0.150. The number of nitrogens with one attached hydrogen (secondary N) is 1. The number of rotatable bonds is 6. The van der Waals surface area contributed by atoms with Gasteiger partial charge in [0.15, 0.2) is 5.13 Å².